The Morgan fingerprint density at radius 2 is 1.87 bits per heavy atom. The highest BCUT2D eigenvalue weighted by molar-refractivity contribution is 5.57. The van der Waals surface area contributed by atoms with Crippen LogP contribution in [-0.2, 0) is 0 Å². The molecule has 0 heterocycles. The Morgan fingerprint density at radius 1 is 1.22 bits per heavy atom. The van der Waals surface area contributed by atoms with Gasteiger partial charge in [0.2, 0.25) is 0 Å². The standard InChI is InChI=1S/C21H32O2/c1-13(2)8-7-11-21(5,6)17-10-9-14(3)18-16(17)12-15(4)19(22)20(18)23/h8,12,14,17,22-23H,7,9-11H2,1-6H3/t14-,17-/m1/s1. The molecule has 2 rings (SSSR count). The van der Waals surface area contributed by atoms with Crippen LogP contribution in [0.2, 0.25) is 0 Å². The normalized spacial score (nSPS) is 21.0. The minimum absolute atomic E-state index is 0.0543. The molecule has 1 aromatic rings. The Morgan fingerprint density at radius 3 is 2.48 bits per heavy atom. The van der Waals surface area contributed by atoms with Crippen LogP contribution in [0, 0.1) is 12.3 Å². The van der Waals surface area contributed by atoms with Crippen molar-refractivity contribution in [3.63, 3.8) is 0 Å². The summed E-state index contributed by atoms with van der Waals surface area (Å²) in [6.45, 7) is 13.0. The van der Waals surface area contributed by atoms with E-state index in [0.29, 0.717) is 11.8 Å². The first-order valence-corrected chi connectivity index (χ1v) is 8.83. The highest BCUT2D eigenvalue weighted by atomic mass is 16.3. The third-order valence-corrected chi connectivity index (χ3v) is 5.58. The van der Waals surface area contributed by atoms with E-state index in [9.17, 15) is 10.2 Å². The molecule has 1 aliphatic carbocycles. The van der Waals surface area contributed by atoms with Gasteiger partial charge in [-0.1, -0.05) is 38.5 Å². The highest BCUT2D eigenvalue weighted by Crippen LogP contribution is 2.53. The number of aryl methyl sites for hydroxylation is 1. The van der Waals surface area contributed by atoms with Gasteiger partial charge in [-0.15, -0.1) is 0 Å². The molecule has 0 aliphatic heterocycles. The van der Waals surface area contributed by atoms with Gasteiger partial charge in [0.1, 0.15) is 0 Å². The Balaban J connectivity index is 2.40. The van der Waals surface area contributed by atoms with Crippen LogP contribution in [0.1, 0.15) is 88.8 Å². The van der Waals surface area contributed by atoms with Gasteiger partial charge in [0, 0.05) is 5.56 Å². The van der Waals surface area contributed by atoms with Crippen LogP contribution >= 0.6 is 0 Å². The fraction of sp³-hybridized carbons (Fsp3) is 0.619. The third kappa shape index (κ3) is 3.57. The summed E-state index contributed by atoms with van der Waals surface area (Å²) >= 11 is 0. The second-order valence-corrected chi connectivity index (χ2v) is 8.23. The zero-order chi connectivity index (χ0) is 17.4. The second-order valence-electron chi connectivity index (χ2n) is 8.23. The van der Waals surface area contributed by atoms with E-state index in [4.69, 9.17) is 0 Å². The summed E-state index contributed by atoms with van der Waals surface area (Å²) in [6.07, 6.45) is 6.77. The number of phenolic OH excluding ortho intramolecular Hbond substituents is 2. The van der Waals surface area contributed by atoms with E-state index in [0.717, 1.165) is 36.8 Å². The van der Waals surface area contributed by atoms with E-state index >= 15 is 0 Å². The molecule has 2 N–H and O–H groups in total. The van der Waals surface area contributed by atoms with Gasteiger partial charge in [-0.05, 0) is 74.8 Å². The smallest absolute Gasteiger partial charge is 0.161 e. The minimum Gasteiger partial charge on any atom is -0.504 e. The molecular formula is C21H32O2. The van der Waals surface area contributed by atoms with E-state index in [1.807, 2.05) is 6.92 Å². The molecule has 2 atom stereocenters. The molecule has 1 aliphatic rings. The average Bonchev–Trinajstić information content (AvgIpc) is 2.43. The Bertz CT molecular complexity index is 607. The number of aromatic hydroxyl groups is 2. The topological polar surface area (TPSA) is 40.5 Å². The third-order valence-electron chi connectivity index (χ3n) is 5.58. The van der Waals surface area contributed by atoms with Crippen LogP contribution in [0.15, 0.2) is 17.7 Å². The Hall–Kier alpha value is -1.44. The molecule has 2 nitrogen and oxygen atoms in total. The van der Waals surface area contributed by atoms with Crippen molar-refractivity contribution < 1.29 is 10.2 Å². The van der Waals surface area contributed by atoms with Gasteiger partial charge >= 0.3 is 0 Å². The maximum atomic E-state index is 10.5. The maximum absolute atomic E-state index is 10.5. The van der Waals surface area contributed by atoms with Crippen molar-refractivity contribution in [2.45, 2.75) is 79.1 Å². The second kappa shape index (κ2) is 6.59. The summed E-state index contributed by atoms with van der Waals surface area (Å²) < 4.78 is 0. The van der Waals surface area contributed by atoms with Crippen molar-refractivity contribution in [2.24, 2.45) is 5.41 Å². The van der Waals surface area contributed by atoms with Crippen LogP contribution in [0.4, 0.5) is 0 Å². The van der Waals surface area contributed by atoms with Crippen molar-refractivity contribution >= 4 is 0 Å². The molecule has 0 fully saturated rings. The molecule has 2 heteroatoms. The van der Waals surface area contributed by atoms with Gasteiger partial charge in [0.25, 0.3) is 0 Å². The van der Waals surface area contributed by atoms with Crippen molar-refractivity contribution in [1.29, 1.82) is 0 Å². The fourth-order valence-corrected chi connectivity index (χ4v) is 4.07. The van der Waals surface area contributed by atoms with E-state index in [1.54, 1.807) is 0 Å². The van der Waals surface area contributed by atoms with Gasteiger partial charge < -0.3 is 10.2 Å². The molecule has 128 valence electrons. The lowest BCUT2D eigenvalue weighted by Crippen LogP contribution is -2.27. The van der Waals surface area contributed by atoms with Crippen molar-refractivity contribution in [3.05, 3.63) is 34.4 Å². The van der Waals surface area contributed by atoms with E-state index in [-0.39, 0.29) is 16.9 Å². The lowest BCUT2D eigenvalue weighted by molar-refractivity contribution is 0.232. The fourth-order valence-electron chi connectivity index (χ4n) is 4.07. The highest BCUT2D eigenvalue weighted by Gasteiger charge is 2.37. The van der Waals surface area contributed by atoms with Gasteiger partial charge in [-0.2, -0.15) is 0 Å². The van der Waals surface area contributed by atoms with Gasteiger partial charge in [-0.25, -0.2) is 0 Å². The molecule has 0 saturated heterocycles. The predicted octanol–water partition coefficient (Wildman–Crippen LogP) is 6.16. The van der Waals surface area contributed by atoms with Gasteiger partial charge in [0.15, 0.2) is 11.5 Å². The molecule has 0 radical (unpaired) electrons. The summed E-state index contributed by atoms with van der Waals surface area (Å²) in [7, 11) is 0. The van der Waals surface area contributed by atoms with Crippen LogP contribution in [0.5, 0.6) is 11.5 Å². The number of hydrogen-bond acceptors (Lipinski definition) is 2. The van der Waals surface area contributed by atoms with E-state index in [2.05, 4.69) is 46.8 Å². The zero-order valence-electron chi connectivity index (χ0n) is 15.5. The SMILES string of the molecule is CC(C)=CCCC(C)(C)[C@@H]1CC[C@@H](C)c2c1cc(C)c(O)c2O. The summed E-state index contributed by atoms with van der Waals surface area (Å²) in [6, 6.07) is 2.10. The first kappa shape index (κ1) is 17.9. The summed E-state index contributed by atoms with van der Waals surface area (Å²) in [5.41, 5.74) is 4.55. The molecule has 0 aromatic heterocycles. The molecule has 0 saturated carbocycles. The van der Waals surface area contributed by atoms with E-state index < -0.39 is 0 Å². The summed E-state index contributed by atoms with van der Waals surface area (Å²) in [5, 5.41) is 20.6. The first-order valence-electron chi connectivity index (χ1n) is 8.83. The first-order chi connectivity index (χ1) is 10.6. The summed E-state index contributed by atoms with van der Waals surface area (Å²) in [5.74, 6) is 0.904. The van der Waals surface area contributed by atoms with Gasteiger partial charge in [0.05, 0.1) is 0 Å². The molecule has 0 unspecified atom stereocenters. The average molecular weight is 316 g/mol. The Kier molecular flexibility index (Phi) is 5.13. The van der Waals surface area contributed by atoms with Crippen molar-refractivity contribution in [2.75, 3.05) is 0 Å². The van der Waals surface area contributed by atoms with Crippen LogP contribution < -0.4 is 0 Å². The number of fused-ring (bicyclic) bond motifs is 1. The molecule has 23 heavy (non-hydrogen) atoms. The number of benzene rings is 1. The summed E-state index contributed by atoms with van der Waals surface area (Å²) in [4.78, 5) is 0. The quantitative estimate of drug-likeness (QED) is 0.516. The molecule has 0 spiro atoms. The predicted molar refractivity (Wildman–Crippen MR) is 97.3 cm³/mol. The molecule has 0 bridgehead atoms. The largest absolute Gasteiger partial charge is 0.504 e. The Labute approximate surface area is 141 Å². The number of rotatable bonds is 4. The van der Waals surface area contributed by atoms with Crippen molar-refractivity contribution in [1.82, 2.24) is 0 Å². The number of phenols is 2. The monoisotopic (exact) mass is 316 g/mol. The van der Waals surface area contributed by atoms with Crippen molar-refractivity contribution in [3.8, 4) is 11.5 Å². The van der Waals surface area contributed by atoms with E-state index in [1.165, 1.54) is 11.1 Å². The van der Waals surface area contributed by atoms with Crippen LogP contribution in [0.3, 0.4) is 0 Å². The molecular weight excluding hydrogens is 284 g/mol. The van der Waals surface area contributed by atoms with Crippen LogP contribution in [0.25, 0.3) is 0 Å². The molecule has 0 amide bonds. The number of allylic oxidation sites excluding steroid dienone is 2. The lowest BCUT2D eigenvalue weighted by Gasteiger charge is -2.41. The minimum atomic E-state index is 0.0543. The zero-order valence-corrected chi connectivity index (χ0v) is 15.5. The number of hydrogen-bond donors (Lipinski definition) is 2. The maximum Gasteiger partial charge on any atom is 0.161 e. The lowest BCUT2D eigenvalue weighted by atomic mass is 9.64. The van der Waals surface area contributed by atoms with Gasteiger partial charge in [-0.3, -0.25) is 0 Å². The molecule has 1 aromatic carbocycles. The van der Waals surface area contributed by atoms with Crippen LogP contribution in [-0.4, -0.2) is 10.2 Å².